The first-order valence-corrected chi connectivity index (χ1v) is 37.3. The molecule has 99 heavy (non-hydrogen) atoms. The zero-order valence-electron chi connectivity index (χ0n) is 58.7. The molecule has 0 saturated heterocycles. The normalized spacial score (nSPS) is 17.9. The lowest BCUT2D eigenvalue weighted by molar-refractivity contribution is -0.438. The minimum atomic E-state index is -4.26. The van der Waals surface area contributed by atoms with Crippen LogP contribution < -0.4 is 14.9 Å². The number of aldehydes is 1. The Kier molecular flexibility index (Phi) is 20.5. The van der Waals surface area contributed by atoms with Crippen LogP contribution in [0.4, 0.5) is 22.7 Å². The lowest BCUT2D eigenvalue weighted by Crippen LogP contribution is -2.31. The second kappa shape index (κ2) is 29.2. The number of aliphatic carboxylic acids is 1. The summed E-state index contributed by atoms with van der Waals surface area (Å²) in [4.78, 5) is 27.5. The maximum absolute atomic E-state index is 11.7. The molecule has 0 amide bonds. The van der Waals surface area contributed by atoms with Crippen LogP contribution in [0.25, 0.3) is 43.1 Å². The minimum absolute atomic E-state index is 0.0596. The number of carbonyl (C=O) groups excluding carboxylic acids is 2. The van der Waals surface area contributed by atoms with Crippen molar-refractivity contribution < 1.29 is 51.2 Å². The molecule has 12 rings (SSSR count). The quantitative estimate of drug-likeness (QED) is 0.0200. The highest BCUT2D eigenvalue weighted by atomic mass is 32.2. The summed E-state index contributed by atoms with van der Waals surface area (Å²) in [7, 11) is -8.27. The summed E-state index contributed by atoms with van der Waals surface area (Å²) in [6.07, 6.45) is 29.8. The Bertz CT molecular complexity index is 5120. The maximum atomic E-state index is 11.7. The molecule has 1 N–H and O–H groups in total. The summed E-state index contributed by atoms with van der Waals surface area (Å²) >= 11 is 0. The number of carboxylic acids is 1. The highest BCUT2D eigenvalue weighted by Gasteiger charge is 2.47. The number of allylic oxidation sites excluding steroid dienone is 16. The van der Waals surface area contributed by atoms with Gasteiger partial charge in [-0.15, -0.1) is 0 Å². The average molecular weight is 1360 g/mol. The SMILES string of the molecule is CC1(C)C(=CC=CC=CC=CC2=[N+](CCCCS(=O)(=O)O)c3ccc4ccccc4c3C2(C)C)N(CCCCS(=O)(=O)[O-])c2ccc3ccccc3c21.[2H]C(=O)CC[N+]1=C(C=CC=CC=CC=C2N(CCC(=O)[O-])c3ccc4ccccc4c3C2(C)C)C(C)(C)c2c1ccc1ccccc21. The zero-order chi connectivity index (χ0) is 71.4. The predicted molar refractivity (Wildman–Crippen MR) is 403 cm³/mol. The second-order valence-electron chi connectivity index (χ2n) is 27.9. The van der Waals surface area contributed by atoms with E-state index >= 15 is 0 Å². The topological polar surface area (TPSA) is 181 Å². The van der Waals surface area contributed by atoms with E-state index in [1.54, 1.807) is 0 Å². The number of hydrogen-bond acceptors (Lipinski definition) is 10. The van der Waals surface area contributed by atoms with Crippen molar-refractivity contribution in [3.63, 3.8) is 0 Å². The van der Waals surface area contributed by atoms with E-state index in [1.807, 2.05) is 91.1 Å². The molecule has 0 radical (unpaired) electrons. The Morgan fingerprint density at radius 2 is 0.859 bits per heavy atom. The molecule has 0 aromatic heterocycles. The molecule has 4 aliphatic heterocycles. The molecule has 8 aromatic carbocycles. The van der Waals surface area contributed by atoms with Crippen LogP contribution in [-0.2, 0) is 51.5 Å². The molecule has 4 aliphatic rings. The molecule has 0 spiro atoms. The fourth-order valence-electron chi connectivity index (χ4n) is 15.5. The largest absolute Gasteiger partial charge is 0.748 e. The fraction of sp³-hybridized carbons (Fsp3) is 0.286. The van der Waals surface area contributed by atoms with Crippen LogP contribution >= 0.6 is 0 Å². The van der Waals surface area contributed by atoms with Gasteiger partial charge in [-0.3, -0.25) is 4.55 Å². The van der Waals surface area contributed by atoms with Crippen LogP contribution in [0.2, 0.25) is 0 Å². The van der Waals surface area contributed by atoms with Gasteiger partial charge in [-0.05, 0) is 138 Å². The molecule has 0 atom stereocenters. The predicted octanol–water partition coefficient (Wildman–Crippen LogP) is 16.2. The third kappa shape index (κ3) is 14.8. The first kappa shape index (κ1) is 69.5. The van der Waals surface area contributed by atoms with Gasteiger partial charge in [0.05, 0.1) is 33.1 Å². The van der Waals surface area contributed by atoms with Gasteiger partial charge in [0.1, 0.15) is 14.2 Å². The minimum Gasteiger partial charge on any atom is -0.748 e. The first-order chi connectivity index (χ1) is 47.6. The summed E-state index contributed by atoms with van der Waals surface area (Å²) in [5.74, 6) is -1.68. The van der Waals surface area contributed by atoms with E-state index in [-0.39, 0.29) is 46.0 Å². The van der Waals surface area contributed by atoms with Crippen molar-refractivity contribution >= 4 is 110 Å². The lowest BCUT2D eigenvalue weighted by atomic mass is 9.79. The Hall–Kier alpha value is -9.38. The van der Waals surface area contributed by atoms with Crippen LogP contribution in [0, 0.1) is 0 Å². The molecule has 0 saturated carbocycles. The van der Waals surface area contributed by atoms with Crippen LogP contribution in [0.15, 0.2) is 242 Å². The van der Waals surface area contributed by atoms with Crippen molar-refractivity contribution in [3.8, 4) is 0 Å². The van der Waals surface area contributed by atoms with E-state index in [2.05, 4.69) is 214 Å². The van der Waals surface area contributed by atoms with Gasteiger partial charge in [0.25, 0.3) is 10.1 Å². The van der Waals surface area contributed by atoms with Crippen LogP contribution in [-0.4, -0.2) is 96.4 Å². The van der Waals surface area contributed by atoms with Gasteiger partial charge in [-0.25, -0.2) is 8.42 Å². The van der Waals surface area contributed by atoms with Gasteiger partial charge in [-0.2, -0.15) is 17.6 Å². The van der Waals surface area contributed by atoms with Gasteiger partial charge in [0.2, 0.25) is 11.4 Å². The van der Waals surface area contributed by atoms with E-state index in [0.717, 1.165) is 51.0 Å². The van der Waals surface area contributed by atoms with Crippen molar-refractivity contribution in [2.45, 2.75) is 116 Å². The number of nitrogens with zero attached hydrogens (tertiary/aromatic N) is 4. The number of benzene rings is 8. The summed E-state index contributed by atoms with van der Waals surface area (Å²) in [6, 6.07) is 50.4. The molecule has 8 aromatic rings. The van der Waals surface area contributed by atoms with Crippen LogP contribution in [0.5, 0.6) is 0 Å². The van der Waals surface area contributed by atoms with Crippen molar-refractivity contribution in [2.75, 3.05) is 47.5 Å². The van der Waals surface area contributed by atoms with Gasteiger partial charge in [0, 0.05) is 107 Å². The molecule has 13 nitrogen and oxygen atoms in total. The third-order valence-corrected chi connectivity index (χ3v) is 21.6. The van der Waals surface area contributed by atoms with Gasteiger partial charge >= 0.3 is 0 Å². The van der Waals surface area contributed by atoms with Gasteiger partial charge in [-0.1, -0.05) is 198 Å². The molecule has 4 heterocycles. The Morgan fingerprint density at radius 3 is 1.28 bits per heavy atom. The zero-order valence-corrected chi connectivity index (χ0v) is 59.4. The summed E-state index contributed by atoms with van der Waals surface area (Å²) in [6.45, 7) is 19.7. The Morgan fingerprint density at radius 1 is 0.475 bits per heavy atom. The monoisotopic (exact) mass is 1360 g/mol. The van der Waals surface area contributed by atoms with Crippen molar-refractivity contribution in [3.05, 3.63) is 264 Å². The molecule has 0 unspecified atom stereocenters. The fourth-order valence-corrected chi connectivity index (χ4v) is 16.7. The molecular weight excluding hydrogens is 1270 g/mol. The van der Waals surface area contributed by atoms with Crippen molar-refractivity contribution in [1.29, 1.82) is 0 Å². The van der Waals surface area contributed by atoms with Crippen LogP contribution in [0.1, 0.15) is 118 Å². The first-order valence-electron chi connectivity index (χ1n) is 34.6. The molecular formula is C84H88N4O9S2. The number of carboxylic acid groups (broad SMARTS) is 1. The number of carbonyl (C=O) groups is 2. The van der Waals surface area contributed by atoms with E-state index < -0.39 is 32.5 Å². The summed E-state index contributed by atoms with van der Waals surface area (Å²) in [5, 5.41) is 20.9. The molecule has 510 valence electrons. The molecule has 0 aliphatic carbocycles. The number of hydrogen-bond donors (Lipinski definition) is 1. The van der Waals surface area contributed by atoms with E-state index in [4.69, 9.17) is 1.37 Å². The number of unbranched alkanes of at least 4 members (excludes halogenated alkanes) is 2. The number of fused-ring (bicyclic) bond motifs is 12. The van der Waals surface area contributed by atoms with E-state index in [0.29, 0.717) is 51.9 Å². The smallest absolute Gasteiger partial charge is 0.264 e. The highest BCUT2D eigenvalue weighted by molar-refractivity contribution is 7.85. The maximum Gasteiger partial charge on any atom is 0.264 e. The number of rotatable bonds is 24. The number of anilines is 2. The average Bonchev–Trinajstić information content (AvgIpc) is 1.60. The van der Waals surface area contributed by atoms with E-state index in [9.17, 15) is 40.6 Å². The molecule has 0 bridgehead atoms. The van der Waals surface area contributed by atoms with Crippen molar-refractivity contribution in [1.82, 2.24) is 0 Å². The molecule has 0 fully saturated rings. The Labute approximate surface area is 584 Å². The second-order valence-corrected chi connectivity index (χ2v) is 31.0. The van der Waals surface area contributed by atoms with Gasteiger partial charge in [0.15, 0.2) is 18.0 Å². The highest BCUT2D eigenvalue weighted by Crippen LogP contribution is 2.53. The third-order valence-electron chi connectivity index (χ3n) is 20.0. The van der Waals surface area contributed by atoms with Crippen molar-refractivity contribution in [2.24, 2.45) is 0 Å². The lowest BCUT2D eigenvalue weighted by Gasteiger charge is -2.27. The van der Waals surface area contributed by atoms with Crippen LogP contribution in [0.3, 0.4) is 0 Å². The van der Waals surface area contributed by atoms with Gasteiger partial charge < -0.3 is 29.0 Å². The summed E-state index contributed by atoms with van der Waals surface area (Å²) in [5.41, 5.74) is 12.3. The standard InChI is InChI=1S/C43H48N2O6S2.C41H40N2O3/c1-42(2)38(44(28-14-16-30-52(46,47)48)36-26-24-32-18-10-12-20-34(32)40(36)42)22-8-6-5-7-9-23-39-43(3,4)41-35-21-13-11-19-33(35)25-27-37(41)45(39)29-15-17-31-53(49,50)51;1-40(2)35(42(26-14-28-44)33-23-21-29-15-10-12-17-31(29)38(33)40)19-8-6-5-7-9-20-36-41(3,4)39-32-18-13-11-16-30(32)22-24-34(39)43(36)27-25-37(45)46/h5-13,18-27H,14-17,28-31H2,1-4H3,(H-,46,47,48,49,50,51);5-13,15-24,28H,14,25-27H2,1-4H3/i;28D. The summed E-state index contributed by atoms with van der Waals surface area (Å²) < 4.78 is 77.8. The van der Waals surface area contributed by atoms with E-state index in [1.165, 1.54) is 60.0 Å². The molecule has 15 heteroatoms. The Balaban J connectivity index is 0.000000203.